The highest BCUT2D eigenvalue weighted by Gasteiger charge is 2.34. The van der Waals surface area contributed by atoms with E-state index in [-0.39, 0.29) is 24.8 Å². The molecule has 0 amide bonds. The van der Waals surface area contributed by atoms with E-state index in [4.69, 9.17) is 0 Å². The van der Waals surface area contributed by atoms with Gasteiger partial charge in [0.15, 0.2) is 9.84 Å². The fraction of sp³-hybridized carbons (Fsp3) is 0.684. The molecular weight excluding hydrogens is 469 g/mol. The van der Waals surface area contributed by atoms with Crippen molar-refractivity contribution in [2.45, 2.75) is 37.1 Å². The molecule has 2 heterocycles. The van der Waals surface area contributed by atoms with Gasteiger partial charge in [-0.1, -0.05) is 17.7 Å². The van der Waals surface area contributed by atoms with E-state index >= 15 is 0 Å². The molecule has 0 aromatic heterocycles. The molecule has 0 radical (unpaired) electrons. The van der Waals surface area contributed by atoms with Crippen molar-refractivity contribution < 1.29 is 51.4 Å². The summed E-state index contributed by atoms with van der Waals surface area (Å²) in [4.78, 5) is 3.30. The number of aryl methyl sites for hydroxylation is 1. The van der Waals surface area contributed by atoms with Gasteiger partial charge in [0.2, 0.25) is 10.0 Å². The van der Waals surface area contributed by atoms with Crippen LogP contribution in [0.2, 0.25) is 0 Å². The van der Waals surface area contributed by atoms with Crippen molar-refractivity contribution in [1.29, 1.82) is 0 Å². The Bertz CT molecular complexity index is 842. The van der Waals surface area contributed by atoms with Gasteiger partial charge in [-0.2, -0.15) is 0 Å². The highest BCUT2D eigenvalue weighted by Crippen LogP contribution is 2.09. The molecule has 2 aliphatic rings. The maximum Gasteiger partial charge on any atom is 0.240 e. The predicted molar refractivity (Wildman–Crippen MR) is 109 cm³/mol. The Balaban J connectivity index is 0.00000225. The summed E-state index contributed by atoms with van der Waals surface area (Å²) in [5.41, 5.74) is 1.04. The molecule has 3 rings (SSSR count). The molecular formula is C19H33Cl2N3O4S2. The summed E-state index contributed by atoms with van der Waals surface area (Å²) in [6, 6.07) is 7.48. The van der Waals surface area contributed by atoms with Crippen molar-refractivity contribution in [2.24, 2.45) is 0 Å². The molecule has 174 valence electrons. The van der Waals surface area contributed by atoms with Crippen LogP contribution in [0.5, 0.6) is 0 Å². The van der Waals surface area contributed by atoms with Crippen LogP contribution in [0.4, 0.5) is 0 Å². The number of rotatable bonds is 7. The molecule has 0 spiro atoms. The molecule has 11 heteroatoms. The zero-order valence-electron chi connectivity index (χ0n) is 17.4. The van der Waals surface area contributed by atoms with Gasteiger partial charge in [-0.15, -0.1) is 0 Å². The number of quaternary nitrogens is 2. The number of likely N-dealkylation sites (tertiary alicyclic amines) is 1. The number of nitrogens with one attached hydrogen (secondary N) is 3. The van der Waals surface area contributed by atoms with E-state index in [2.05, 4.69) is 4.72 Å². The molecule has 1 aromatic rings. The summed E-state index contributed by atoms with van der Waals surface area (Å²) in [6.45, 7) is 7.04. The Hall–Kier alpha value is -0.420. The smallest absolute Gasteiger partial charge is 0.240 e. The van der Waals surface area contributed by atoms with Gasteiger partial charge in [-0.05, 0) is 19.1 Å². The second-order valence-electron chi connectivity index (χ2n) is 8.15. The van der Waals surface area contributed by atoms with Crippen LogP contribution in [0.1, 0.15) is 24.8 Å². The van der Waals surface area contributed by atoms with Crippen LogP contribution >= 0.6 is 0 Å². The lowest BCUT2D eigenvalue weighted by Gasteiger charge is -2.36. The lowest BCUT2D eigenvalue weighted by Crippen LogP contribution is -3.21. The zero-order valence-corrected chi connectivity index (χ0v) is 20.5. The van der Waals surface area contributed by atoms with Crippen molar-refractivity contribution in [3.8, 4) is 0 Å². The number of sulfone groups is 1. The third-order valence-electron chi connectivity index (χ3n) is 6.07. The van der Waals surface area contributed by atoms with Crippen LogP contribution in [0.25, 0.3) is 0 Å². The van der Waals surface area contributed by atoms with E-state index in [9.17, 15) is 16.8 Å². The summed E-state index contributed by atoms with van der Waals surface area (Å²) in [7, 11) is -6.22. The average molecular weight is 503 g/mol. The maximum absolute atomic E-state index is 12.3. The van der Waals surface area contributed by atoms with Gasteiger partial charge in [0, 0.05) is 25.8 Å². The van der Waals surface area contributed by atoms with Gasteiger partial charge in [-0.3, -0.25) is 0 Å². The first-order valence-corrected chi connectivity index (χ1v) is 13.5. The van der Waals surface area contributed by atoms with Crippen LogP contribution in [0, 0.1) is 6.92 Å². The van der Waals surface area contributed by atoms with Crippen LogP contribution in [0.3, 0.4) is 0 Å². The highest BCUT2D eigenvalue weighted by molar-refractivity contribution is 7.91. The van der Waals surface area contributed by atoms with Gasteiger partial charge in [0.25, 0.3) is 0 Å². The Labute approximate surface area is 193 Å². The molecule has 30 heavy (non-hydrogen) atoms. The minimum atomic E-state index is -3.42. The fourth-order valence-corrected chi connectivity index (χ4v) is 6.66. The first-order valence-electron chi connectivity index (χ1n) is 10.2. The zero-order chi connectivity index (χ0) is 20.2. The van der Waals surface area contributed by atoms with Crippen molar-refractivity contribution >= 4 is 19.9 Å². The standard InChI is InChI=1S/C19H31N3O4S2.2ClH/c1-17-3-5-19(6-4-17)28(25,26)20-9-2-10-21-11-7-18(8-12-21)22-13-15-27(23,24)16-14-22;;/h3-6,18,20H,2,7-16H2,1H3;2*1H. The lowest BCUT2D eigenvalue weighted by atomic mass is 10.0. The third kappa shape index (κ3) is 7.93. The molecule has 1 aromatic carbocycles. The van der Waals surface area contributed by atoms with Crippen LogP contribution in [-0.4, -0.2) is 73.7 Å². The number of hydrogen-bond donors (Lipinski definition) is 3. The van der Waals surface area contributed by atoms with Gasteiger partial charge in [0.05, 0.1) is 55.2 Å². The number of piperidine rings is 1. The van der Waals surface area contributed by atoms with Crippen molar-refractivity contribution in [3.05, 3.63) is 29.8 Å². The lowest BCUT2D eigenvalue weighted by molar-refractivity contribution is -0.956. The quantitative estimate of drug-likeness (QED) is 0.324. The molecule has 2 saturated heterocycles. The topological polar surface area (TPSA) is 89.2 Å². The number of halogens is 2. The Morgan fingerprint density at radius 2 is 1.57 bits per heavy atom. The first kappa shape index (κ1) is 27.6. The second-order valence-corrected chi connectivity index (χ2v) is 12.2. The molecule has 3 N–H and O–H groups in total. The van der Waals surface area contributed by atoms with Crippen LogP contribution < -0.4 is 39.3 Å². The molecule has 2 fully saturated rings. The Kier molecular flexibility index (Phi) is 11.0. The second kappa shape index (κ2) is 12.0. The van der Waals surface area contributed by atoms with E-state index < -0.39 is 19.9 Å². The SMILES string of the molecule is Cc1ccc(S(=O)(=O)NCCC[NH+]2CCC([NH+]3CCS(=O)(=O)CC3)CC2)cc1.[Cl-].[Cl-]. The number of sulfonamides is 1. The minimum absolute atomic E-state index is 0. The summed E-state index contributed by atoms with van der Waals surface area (Å²) in [5, 5.41) is 0. The van der Waals surface area contributed by atoms with Crippen LogP contribution in [-0.2, 0) is 19.9 Å². The summed E-state index contributed by atoms with van der Waals surface area (Å²) in [5.74, 6) is 0.660. The van der Waals surface area contributed by atoms with E-state index in [1.807, 2.05) is 19.1 Å². The van der Waals surface area contributed by atoms with E-state index in [1.54, 1.807) is 12.1 Å². The van der Waals surface area contributed by atoms with Crippen molar-refractivity contribution in [1.82, 2.24) is 4.72 Å². The largest absolute Gasteiger partial charge is 1.00 e. The first-order chi connectivity index (χ1) is 13.3. The number of hydrogen-bond acceptors (Lipinski definition) is 4. The highest BCUT2D eigenvalue weighted by atomic mass is 35.5. The van der Waals surface area contributed by atoms with Gasteiger partial charge in [0.1, 0.15) is 0 Å². The third-order valence-corrected chi connectivity index (χ3v) is 9.20. The van der Waals surface area contributed by atoms with Gasteiger partial charge >= 0.3 is 0 Å². The number of benzene rings is 1. The van der Waals surface area contributed by atoms with Crippen molar-refractivity contribution in [2.75, 3.05) is 50.8 Å². The molecule has 2 aliphatic heterocycles. The summed E-state index contributed by atoms with van der Waals surface area (Å²) in [6.07, 6.45) is 3.07. The monoisotopic (exact) mass is 501 g/mol. The van der Waals surface area contributed by atoms with E-state index in [0.29, 0.717) is 29.0 Å². The minimum Gasteiger partial charge on any atom is -1.00 e. The van der Waals surface area contributed by atoms with E-state index in [1.165, 1.54) is 9.80 Å². The molecule has 0 saturated carbocycles. The van der Waals surface area contributed by atoms with Gasteiger partial charge < -0.3 is 34.6 Å². The molecule has 7 nitrogen and oxygen atoms in total. The van der Waals surface area contributed by atoms with Gasteiger partial charge in [-0.25, -0.2) is 21.6 Å². The Morgan fingerprint density at radius 3 is 2.13 bits per heavy atom. The molecule has 0 unspecified atom stereocenters. The normalized spacial score (nSPS) is 24.4. The molecule has 0 bridgehead atoms. The van der Waals surface area contributed by atoms with Crippen molar-refractivity contribution in [3.63, 3.8) is 0 Å². The fourth-order valence-electron chi connectivity index (χ4n) is 4.24. The average Bonchev–Trinajstić information content (AvgIpc) is 2.66. The molecule has 0 aliphatic carbocycles. The summed E-state index contributed by atoms with van der Waals surface area (Å²) >= 11 is 0. The van der Waals surface area contributed by atoms with E-state index in [0.717, 1.165) is 57.5 Å². The summed E-state index contributed by atoms with van der Waals surface area (Å²) < 4.78 is 50.5. The van der Waals surface area contributed by atoms with Crippen LogP contribution in [0.15, 0.2) is 29.2 Å². The molecule has 0 atom stereocenters. The maximum atomic E-state index is 12.3. The Morgan fingerprint density at radius 1 is 1.00 bits per heavy atom. The predicted octanol–water partition coefficient (Wildman–Crippen LogP) is -7.97.